The lowest BCUT2D eigenvalue weighted by Crippen LogP contribution is -2.39. The van der Waals surface area contributed by atoms with Crippen LogP contribution in [-0.2, 0) is 0 Å². The maximum Gasteiger partial charge on any atom is 0.293 e. The first-order valence-electron chi connectivity index (χ1n) is 6.88. The fourth-order valence-electron chi connectivity index (χ4n) is 2.16. The van der Waals surface area contributed by atoms with Crippen LogP contribution < -0.4 is 16.2 Å². The van der Waals surface area contributed by atoms with E-state index >= 15 is 0 Å². The number of aromatic nitrogens is 2. The summed E-state index contributed by atoms with van der Waals surface area (Å²) in [7, 11) is 0. The number of hydrogen-bond donors (Lipinski definition) is 2. The summed E-state index contributed by atoms with van der Waals surface area (Å²) in [4.78, 5) is 18.5. The maximum atomic E-state index is 12.4. The van der Waals surface area contributed by atoms with Crippen molar-refractivity contribution in [3.63, 3.8) is 0 Å². The fraction of sp³-hybridized carbons (Fsp3) is 0.615. The average Bonchev–Trinajstić information content (AvgIpc) is 3.28. The second-order valence-corrected chi connectivity index (χ2v) is 5.16. The largest absolute Gasteiger partial charge is 0.409 e. The van der Waals surface area contributed by atoms with Crippen LogP contribution in [0.25, 0.3) is 0 Å². The summed E-state index contributed by atoms with van der Waals surface area (Å²) in [6.07, 6.45) is 5.50. The Morgan fingerprint density at radius 1 is 1.70 bits per heavy atom. The molecule has 20 heavy (non-hydrogen) atoms. The summed E-state index contributed by atoms with van der Waals surface area (Å²) >= 11 is 0. The highest BCUT2D eigenvalue weighted by atomic mass is 16.4. The van der Waals surface area contributed by atoms with Crippen LogP contribution in [0.2, 0.25) is 0 Å². The highest BCUT2D eigenvalue weighted by Gasteiger charge is 2.26. The average molecular weight is 279 g/mol. The molecule has 110 valence electrons. The molecule has 1 saturated carbocycles. The van der Waals surface area contributed by atoms with Crippen LogP contribution in [0.1, 0.15) is 32.7 Å². The molecule has 1 aromatic heterocycles. The van der Waals surface area contributed by atoms with Gasteiger partial charge in [-0.2, -0.15) is 0 Å². The van der Waals surface area contributed by atoms with Gasteiger partial charge in [0.05, 0.1) is 0 Å². The van der Waals surface area contributed by atoms with E-state index in [1.54, 1.807) is 17.0 Å². The quantitative estimate of drug-likeness (QED) is 0.347. The molecule has 7 heteroatoms. The zero-order chi connectivity index (χ0) is 14.7. The van der Waals surface area contributed by atoms with E-state index in [1.165, 1.54) is 0 Å². The van der Waals surface area contributed by atoms with Crippen molar-refractivity contribution in [3.8, 4) is 0 Å². The highest BCUT2D eigenvalue weighted by Crippen LogP contribution is 2.33. The van der Waals surface area contributed by atoms with Gasteiger partial charge in [-0.15, -0.1) is 0 Å². The predicted molar refractivity (Wildman–Crippen MR) is 77.2 cm³/mol. The van der Waals surface area contributed by atoms with Crippen LogP contribution >= 0.6 is 0 Å². The molecule has 0 saturated heterocycles. The minimum atomic E-state index is -0.157. The Labute approximate surface area is 117 Å². The molecule has 1 aromatic rings. The van der Waals surface area contributed by atoms with Gasteiger partial charge in [-0.25, -0.2) is 4.98 Å². The molecule has 0 radical (unpaired) electrons. The van der Waals surface area contributed by atoms with Gasteiger partial charge >= 0.3 is 0 Å². The van der Waals surface area contributed by atoms with Gasteiger partial charge < -0.3 is 20.4 Å². The molecule has 1 aliphatic rings. The van der Waals surface area contributed by atoms with Crippen molar-refractivity contribution in [1.82, 2.24) is 9.55 Å². The minimum absolute atomic E-state index is 0.0661. The number of oxime groups is 1. The standard InChI is InChI=1S/C13H21N5O2/c1-3-17(8-9(2)11(14)16-20)12-13(19)18(7-6-15-12)10-4-5-10/h6-7,9-10,20H,3-5,8H2,1-2H3,(H2,14,16). The molecular weight excluding hydrogens is 258 g/mol. The van der Waals surface area contributed by atoms with E-state index in [0.29, 0.717) is 24.9 Å². The van der Waals surface area contributed by atoms with E-state index in [9.17, 15) is 4.79 Å². The van der Waals surface area contributed by atoms with Gasteiger partial charge in [0.1, 0.15) is 5.84 Å². The predicted octanol–water partition coefficient (Wildman–Crippen LogP) is 0.787. The third-order valence-corrected chi connectivity index (χ3v) is 3.59. The third-order valence-electron chi connectivity index (χ3n) is 3.59. The number of hydrogen-bond acceptors (Lipinski definition) is 5. The molecule has 1 atom stereocenters. The van der Waals surface area contributed by atoms with E-state index in [4.69, 9.17) is 10.9 Å². The normalized spacial score (nSPS) is 17.0. The van der Waals surface area contributed by atoms with Gasteiger partial charge in [0.15, 0.2) is 5.82 Å². The second-order valence-electron chi connectivity index (χ2n) is 5.16. The highest BCUT2D eigenvalue weighted by molar-refractivity contribution is 5.82. The number of rotatable bonds is 6. The number of amidine groups is 1. The van der Waals surface area contributed by atoms with Gasteiger partial charge in [-0.1, -0.05) is 12.1 Å². The lowest BCUT2D eigenvalue weighted by Gasteiger charge is -2.24. The Hall–Kier alpha value is -2.05. The number of nitrogens with zero attached hydrogens (tertiary/aromatic N) is 4. The van der Waals surface area contributed by atoms with Crippen molar-refractivity contribution >= 4 is 11.7 Å². The monoisotopic (exact) mass is 279 g/mol. The van der Waals surface area contributed by atoms with Crippen molar-refractivity contribution in [2.75, 3.05) is 18.0 Å². The molecule has 0 aliphatic heterocycles. The summed E-state index contributed by atoms with van der Waals surface area (Å²) in [5.74, 6) is 0.428. The molecule has 1 heterocycles. The van der Waals surface area contributed by atoms with E-state index in [1.807, 2.05) is 18.7 Å². The Balaban J connectivity index is 2.23. The first-order chi connectivity index (χ1) is 9.58. The van der Waals surface area contributed by atoms with Crippen molar-refractivity contribution in [2.45, 2.75) is 32.7 Å². The Morgan fingerprint density at radius 2 is 2.40 bits per heavy atom. The van der Waals surface area contributed by atoms with Gasteiger partial charge in [0, 0.05) is 37.4 Å². The molecule has 0 aromatic carbocycles. The molecule has 1 fully saturated rings. The molecule has 3 N–H and O–H groups in total. The Bertz CT molecular complexity index is 550. The van der Waals surface area contributed by atoms with Crippen molar-refractivity contribution in [1.29, 1.82) is 0 Å². The molecular formula is C13H21N5O2. The topological polar surface area (TPSA) is 96.7 Å². The van der Waals surface area contributed by atoms with Gasteiger partial charge in [-0.3, -0.25) is 4.79 Å². The van der Waals surface area contributed by atoms with Crippen LogP contribution in [0, 0.1) is 5.92 Å². The summed E-state index contributed by atoms with van der Waals surface area (Å²) in [5.41, 5.74) is 5.53. The SMILES string of the molecule is CCN(CC(C)C(N)=NO)c1nccn(C2CC2)c1=O. The number of nitrogens with two attached hydrogens (primary N) is 1. The van der Waals surface area contributed by atoms with E-state index in [2.05, 4.69) is 10.1 Å². The van der Waals surface area contributed by atoms with Crippen LogP contribution in [0.5, 0.6) is 0 Å². The molecule has 1 unspecified atom stereocenters. The molecule has 2 rings (SSSR count). The summed E-state index contributed by atoms with van der Waals surface area (Å²) in [6.45, 7) is 4.93. The van der Waals surface area contributed by atoms with E-state index in [0.717, 1.165) is 12.8 Å². The first kappa shape index (κ1) is 14.4. The first-order valence-corrected chi connectivity index (χ1v) is 6.88. The molecule has 7 nitrogen and oxygen atoms in total. The zero-order valence-corrected chi connectivity index (χ0v) is 11.9. The zero-order valence-electron chi connectivity index (χ0n) is 11.9. The van der Waals surface area contributed by atoms with Crippen LogP contribution in [0.15, 0.2) is 22.3 Å². The van der Waals surface area contributed by atoms with Crippen molar-refractivity contribution in [3.05, 3.63) is 22.7 Å². The van der Waals surface area contributed by atoms with Crippen LogP contribution in [0.3, 0.4) is 0 Å². The van der Waals surface area contributed by atoms with Crippen molar-refractivity contribution in [2.24, 2.45) is 16.8 Å². The molecule has 1 aliphatic carbocycles. The maximum absolute atomic E-state index is 12.4. The molecule has 0 bridgehead atoms. The van der Waals surface area contributed by atoms with Gasteiger partial charge in [0.25, 0.3) is 5.56 Å². The molecule has 0 spiro atoms. The second kappa shape index (κ2) is 5.94. The lowest BCUT2D eigenvalue weighted by atomic mass is 10.1. The smallest absolute Gasteiger partial charge is 0.293 e. The molecule has 0 amide bonds. The fourth-order valence-corrected chi connectivity index (χ4v) is 2.16. The third kappa shape index (κ3) is 2.92. The summed E-state index contributed by atoms with van der Waals surface area (Å²) in [5, 5.41) is 11.7. The van der Waals surface area contributed by atoms with E-state index < -0.39 is 0 Å². The Morgan fingerprint density at radius 3 is 2.95 bits per heavy atom. The summed E-state index contributed by atoms with van der Waals surface area (Å²) < 4.78 is 1.75. The lowest BCUT2D eigenvalue weighted by molar-refractivity contribution is 0.314. The van der Waals surface area contributed by atoms with E-state index in [-0.39, 0.29) is 17.3 Å². The van der Waals surface area contributed by atoms with Crippen LogP contribution in [-0.4, -0.2) is 33.7 Å². The summed E-state index contributed by atoms with van der Waals surface area (Å²) in [6, 6.07) is 0.324. The van der Waals surface area contributed by atoms with Crippen molar-refractivity contribution < 1.29 is 5.21 Å². The van der Waals surface area contributed by atoms with Gasteiger partial charge in [0.2, 0.25) is 0 Å². The number of anilines is 1. The van der Waals surface area contributed by atoms with Gasteiger partial charge in [-0.05, 0) is 19.8 Å². The van der Waals surface area contributed by atoms with Crippen LogP contribution in [0.4, 0.5) is 5.82 Å². The Kier molecular flexibility index (Phi) is 4.26. The minimum Gasteiger partial charge on any atom is -0.409 e.